The zero-order chi connectivity index (χ0) is 21.3. The van der Waals surface area contributed by atoms with Crippen molar-refractivity contribution < 1.29 is 0 Å². The topological polar surface area (TPSA) is 17.8 Å². The molecule has 2 heteroatoms. The van der Waals surface area contributed by atoms with Gasteiger partial charge in [-0.25, -0.2) is 4.98 Å². The van der Waals surface area contributed by atoms with Gasteiger partial charge in [0.1, 0.15) is 0 Å². The van der Waals surface area contributed by atoms with E-state index in [9.17, 15) is 0 Å². The van der Waals surface area contributed by atoms with Crippen molar-refractivity contribution in [3.05, 3.63) is 54.6 Å². The molecule has 1 aromatic carbocycles. The van der Waals surface area contributed by atoms with E-state index in [-0.39, 0.29) is 0 Å². The van der Waals surface area contributed by atoms with Gasteiger partial charge in [0.15, 0.2) is 0 Å². The summed E-state index contributed by atoms with van der Waals surface area (Å²) in [7, 11) is 0. The molecule has 0 saturated carbocycles. The standard InChI is InChI=1S/C28H46N2/c1-3-4-5-6-7-8-9-10-11-12-13-14-18-21-28(24-27-19-16-15-17-20-27)26(2)30-23-22-29-25-30/h15-17,19-20,22-23,25-26,28H,3-14,18,21,24H2,1-2H3. The van der Waals surface area contributed by atoms with E-state index >= 15 is 0 Å². The summed E-state index contributed by atoms with van der Waals surface area (Å²) in [4.78, 5) is 4.27. The van der Waals surface area contributed by atoms with Gasteiger partial charge in [-0.1, -0.05) is 121 Å². The Labute approximate surface area is 186 Å². The molecule has 1 aromatic heterocycles. The third-order valence-electron chi connectivity index (χ3n) is 6.70. The maximum absolute atomic E-state index is 4.27. The van der Waals surface area contributed by atoms with Gasteiger partial charge in [-0.2, -0.15) is 0 Å². The van der Waals surface area contributed by atoms with Gasteiger partial charge < -0.3 is 4.57 Å². The molecule has 2 rings (SSSR count). The van der Waals surface area contributed by atoms with E-state index in [1.165, 1.54) is 102 Å². The molecule has 2 atom stereocenters. The normalized spacial score (nSPS) is 13.4. The van der Waals surface area contributed by atoms with E-state index in [0.717, 1.165) is 0 Å². The predicted molar refractivity (Wildman–Crippen MR) is 131 cm³/mol. The molecule has 30 heavy (non-hydrogen) atoms. The van der Waals surface area contributed by atoms with Gasteiger partial charge in [0.05, 0.1) is 6.33 Å². The highest BCUT2D eigenvalue weighted by atomic mass is 15.0. The molecule has 2 aromatic rings. The second-order valence-corrected chi connectivity index (χ2v) is 9.23. The third-order valence-corrected chi connectivity index (χ3v) is 6.70. The fourth-order valence-corrected chi connectivity index (χ4v) is 4.61. The number of imidazole rings is 1. The Kier molecular flexibility index (Phi) is 13.3. The molecule has 0 N–H and O–H groups in total. The molecule has 2 unspecified atom stereocenters. The zero-order valence-electron chi connectivity index (χ0n) is 19.8. The first-order valence-electron chi connectivity index (χ1n) is 12.8. The van der Waals surface area contributed by atoms with Crippen molar-refractivity contribution >= 4 is 0 Å². The fourth-order valence-electron chi connectivity index (χ4n) is 4.61. The largest absolute Gasteiger partial charge is 0.334 e. The van der Waals surface area contributed by atoms with E-state index in [0.29, 0.717) is 12.0 Å². The summed E-state index contributed by atoms with van der Waals surface area (Å²) >= 11 is 0. The van der Waals surface area contributed by atoms with Crippen molar-refractivity contribution in [2.45, 2.75) is 116 Å². The maximum atomic E-state index is 4.27. The number of benzene rings is 1. The third kappa shape index (κ3) is 10.5. The number of aromatic nitrogens is 2. The van der Waals surface area contributed by atoms with Crippen LogP contribution in [0.25, 0.3) is 0 Å². The minimum Gasteiger partial charge on any atom is -0.334 e. The van der Waals surface area contributed by atoms with Crippen molar-refractivity contribution in [2.75, 3.05) is 0 Å². The average molecular weight is 411 g/mol. The number of hydrogen-bond acceptors (Lipinski definition) is 1. The van der Waals surface area contributed by atoms with Crippen LogP contribution in [0.1, 0.15) is 115 Å². The minimum absolute atomic E-state index is 0.505. The Balaban J connectivity index is 1.58. The molecular formula is C28H46N2. The van der Waals surface area contributed by atoms with Crippen LogP contribution in [0.5, 0.6) is 0 Å². The van der Waals surface area contributed by atoms with Crippen molar-refractivity contribution in [1.82, 2.24) is 9.55 Å². The highest BCUT2D eigenvalue weighted by Gasteiger charge is 2.18. The van der Waals surface area contributed by atoms with Crippen LogP contribution in [0, 0.1) is 5.92 Å². The zero-order valence-corrected chi connectivity index (χ0v) is 19.8. The number of rotatable bonds is 18. The monoisotopic (exact) mass is 410 g/mol. The van der Waals surface area contributed by atoms with Crippen LogP contribution < -0.4 is 0 Å². The summed E-state index contributed by atoms with van der Waals surface area (Å²) in [6, 6.07) is 11.5. The lowest BCUT2D eigenvalue weighted by Crippen LogP contribution is -2.18. The molecule has 0 radical (unpaired) electrons. The van der Waals surface area contributed by atoms with Crippen LogP contribution in [0.15, 0.2) is 49.1 Å². The molecular weight excluding hydrogens is 364 g/mol. The van der Waals surface area contributed by atoms with Crippen LogP contribution in [0.4, 0.5) is 0 Å². The Bertz CT molecular complexity index is 605. The quantitative estimate of drug-likeness (QED) is 0.224. The number of nitrogens with zero attached hydrogens (tertiary/aromatic N) is 2. The van der Waals surface area contributed by atoms with Gasteiger partial charge in [0.2, 0.25) is 0 Å². The van der Waals surface area contributed by atoms with Crippen LogP contribution in [0.2, 0.25) is 0 Å². The van der Waals surface area contributed by atoms with Gasteiger partial charge in [0, 0.05) is 18.4 Å². The molecule has 0 amide bonds. The van der Waals surface area contributed by atoms with Gasteiger partial charge in [-0.05, 0) is 31.2 Å². The van der Waals surface area contributed by atoms with Crippen molar-refractivity contribution in [3.8, 4) is 0 Å². The van der Waals surface area contributed by atoms with Crippen LogP contribution in [-0.4, -0.2) is 9.55 Å². The van der Waals surface area contributed by atoms with Crippen LogP contribution in [0.3, 0.4) is 0 Å². The summed E-state index contributed by atoms with van der Waals surface area (Å²) in [6.45, 7) is 4.65. The molecule has 2 nitrogen and oxygen atoms in total. The molecule has 1 heterocycles. The molecule has 0 fully saturated rings. The smallest absolute Gasteiger partial charge is 0.0948 e. The Morgan fingerprint density at radius 1 is 0.767 bits per heavy atom. The maximum Gasteiger partial charge on any atom is 0.0948 e. The highest BCUT2D eigenvalue weighted by molar-refractivity contribution is 5.15. The van der Waals surface area contributed by atoms with Crippen LogP contribution >= 0.6 is 0 Å². The number of hydrogen-bond donors (Lipinski definition) is 0. The SMILES string of the molecule is CCCCCCCCCCCCCCCC(Cc1ccccc1)C(C)n1ccnc1. The highest BCUT2D eigenvalue weighted by Crippen LogP contribution is 2.27. The second-order valence-electron chi connectivity index (χ2n) is 9.23. The summed E-state index contributed by atoms with van der Waals surface area (Å²) in [6.07, 6.45) is 27.0. The van der Waals surface area contributed by atoms with E-state index in [1.54, 1.807) is 0 Å². The second kappa shape index (κ2) is 16.2. The van der Waals surface area contributed by atoms with Crippen molar-refractivity contribution in [1.29, 1.82) is 0 Å². The van der Waals surface area contributed by atoms with E-state index in [1.807, 2.05) is 12.5 Å². The summed E-state index contributed by atoms with van der Waals surface area (Å²) in [5.41, 5.74) is 1.46. The number of unbranched alkanes of at least 4 members (excludes halogenated alkanes) is 12. The Hall–Kier alpha value is -1.57. The first-order valence-corrected chi connectivity index (χ1v) is 12.8. The van der Waals surface area contributed by atoms with Crippen molar-refractivity contribution in [3.63, 3.8) is 0 Å². The van der Waals surface area contributed by atoms with Crippen molar-refractivity contribution in [2.24, 2.45) is 5.92 Å². The molecule has 0 bridgehead atoms. The van der Waals surface area contributed by atoms with Gasteiger partial charge in [0.25, 0.3) is 0 Å². The summed E-state index contributed by atoms with van der Waals surface area (Å²) < 4.78 is 2.29. The van der Waals surface area contributed by atoms with Crippen LogP contribution in [-0.2, 0) is 6.42 Å². The molecule has 0 aliphatic carbocycles. The van der Waals surface area contributed by atoms with E-state index in [2.05, 4.69) is 59.9 Å². The first kappa shape index (κ1) is 24.7. The Morgan fingerprint density at radius 3 is 1.87 bits per heavy atom. The molecule has 0 saturated heterocycles. The lowest BCUT2D eigenvalue weighted by Gasteiger charge is -2.25. The van der Waals surface area contributed by atoms with Gasteiger partial charge in [-0.15, -0.1) is 0 Å². The van der Waals surface area contributed by atoms with Gasteiger partial charge in [-0.3, -0.25) is 0 Å². The first-order chi connectivity index (χ1) is 14.8. The summed E-state index contributed by atoms with van der Waals surface area (Å²) in [5.74, 6) is 0.675. The summed E-state index contributed by atoms with van der Waals surface area (Å²) in [5, 5.41) is 0. The van der Waals surface area contributed by atoms with E-state index < -0.39 is 0 Å². The molecule has 0 aliphatic heterocycles. The lowest BCUT2D eigenvalue weighted by molar-refractivity contribution is 0.318. The average Bonchev–Trinajstić information content (AvgIpc) is 3.31. The Morgan fingerprint density at radius 2 is 1.33 bits per heavy atom. The molecule has 168 valence electrons. The fraction of sp³-hybridized carbons (Fsp3) is 0.679. The molecule has 0 spiro atoms. The predicted octanol–water partition coefficient (Wildman–Crippen LogP) is 8.78. The van der Waals surface area contributed by atoms with Gasteiger partial charge >= 0.3 is 0 Å². The lowest BCUT2D eigenvalue weighted by atomic mass is 9.88. The minimum atomic E-state index is 0.505. The van der Waals surface area contributed by atoms with E-state index in [4.69, 9.17) is 0 Å². The molecule has 0 aliphatic rings.